The molecule has 1 atom stereocenters. The van der Waals surface area contributed by atoms with Gasteiger partial charge in [0.05, 0.1) is 18.5 Å². The fourth-order valence-electron chi connectivity index (χ4n) is 4.24. The van der Waals surface area contributed by atoms with Crippen LogP contribution in [0.4, 0.5) is 5.82 Å². The van der Waals surface area contributed by atoms with E-state index < -0.39 is 0 Å². The molecular formula is C24H31N7O2. The van der Waals surface area contributed by atoms with Crippen molar-refractivity contribution in [1.29, 1.82) is 0 Å². The molecule has 0 spiro atoms. The van der Waals surface area contributed by atoms with Gasteiger partial charge in [-0.15, -0.1) is 0 Å². The molecule has 1 fully saturated rings. The lowest BCUT2D eigenvalue weighted by Gasteiger charge is -2.32. The van der Waals surface area contributed by atoms with Gasteiger partial charge in [-0.1, -0.05) is 18.2 Å². The number of nitrogen functional groups attached to an aromatic ring is 1. The molecule has 2 N–H and O–H groups in total. The predicted molar refractivity (Wildman–Crippen MR) is 129 cm³/mol. The molecule has 1 aliphatic heterocycles. The smallest absolute Gasteiger partial charge is 0.246 e. The van der Waals surface area contributed by atoms with E-state index in [1.54, 1.807) is 13.2 Å². The van der Waals surface area contributed by atoms with Crippen LogP contribution in [0.5, 0.6) is 5.75 Å². The number of hydrogen-bond donors (Lipinski definition) is 1. The van der Waals surface area contributed by atoms with Gasteiger partial charge in [-0.3, -0.25) is 4.79 Å². The first kappa shape index (κ1) is 22.7. The molecule has 1 aromatic carbocycles. The first-order valence-electron chi connectivity index (χ1n) is 11.1. The van der Waals surface area contributed by atoms with Gasteiger partial charge in [0, 0.05) is 31.3 Å². The van der Waals surface area contributed by atoms with Crippen molar-refractivity contribution in [1.82, 2.24) is 29.5 Å². The Morgan fingerprint density at radius 1 is 1.33 bits per heavy atom. The molecule has 3 aromatic rings. The van der Waals surface area contributed by atoms with Crippen molar-refractivity contribution >= 4 is 22.8 Å². The summed E-state index contributed by atoms with van der Waals surface area (Å²) in [6.07, 6.45) is 6.82. The predicted octanol–water partition coefficient (Wildman–Crippen LogP) is 2.67. The number of benzene rings is 1. The zero-order valence-electron chi connectivity index (χ0n) is 19.7. The lowest BCUT2D eigenvalue weighted by atomic mass is 10.1. The molecule has 33 heavy (non-hydrogen) atoms. The minimum atomic E-state index is 0.00263. The molecule has 1 amide bonds. The number of ether oxygens (including phenoxy) is 1. The highest BCUT2D eigenvalue weighted by Crippen LogP contribution is 2.35. The van der Waals surface area contributed by atoms with E-state index in [2.05, 4.69) is 9.97 Å². The Balaban J connectivity index is 1.69. The molecule has 0 bridgehead atoms. The van der Waals surface area contributed by atoms with E-state index in [1.807, 2.05) is 59.8 Å². The van der Waals surface area contributed by atoms with E-state index in [0.29, 0.717) is 18.0 Å². The molecule has 9 heteroatoms. The summed E-state index contributed by atoms with van der Waals surface area (Å²) in [5.41, 5.74) is 9.60. The van der Waals surface area contributed by atoms with E-state index in [0.717, 1.165) is 53.9 Å². The van der Waals surface area contributed by atoms with Crippen LogP contribution in [0, 0.1) is 6.92 Å². The largest absolute Gasteiger partial charge is 0.496 e. The average Bonchev–Trinajstić information content (AvgIpc) is 3.20. The quantitative estimate of drug-likeness (QED) is 0.577. The highest BCUT2D eigenvalue weighted by molar-refractivity contribution is 5.98. The summed E-state index contributed by atoms with van der Waals surface area (Å²) in [7, 11) is 5.60. The Morgan fingerprint density at radius 3 is 2.91 bits per heavy atom. The minimum Gasteiger partial charge on any atom is -0.496 e. The molecule has 0 unspecified atom stereocenters. The highest BCUT2D eigenvalue weighted by Gasteiger charge is 2.28. The maximum absolute atomic E-state index is 12.7. The Labute approximate surface area is 193 Å². The number of fused-ring (bicyclic) bond motifs is 1. The average molecular weight is 450 g/mol. The van der Waals surface area contributed by atoms with Crippen molar-refractivity contribution in [2.45, 2.75) is 25.8 Å². The SMILES string of the molecule is COc1cc(-c2nn([C@@H]3CCCN(C(=O)C=CCN(C)C)C3)c3ncnc(N)c23)ccc1C. The number of aryl methyl sites for hydroxylation is 1. The van der Waals surface area contributed by atoms with Gasteiger partial charge in [0.15, 0.2) is 5.65 Å². The van der Waals surface area contributed by atoms with Gasteiger partial charge in [-0.25, -0.2) is 14.6 Å². The number of rotatable bonds is 6. The third-order valence-electron chi connectivity index (χ3n) is 5.98. The third kappa shape index (κ3) is 4.68. The van der Waals surface area contributed by atoms with Gasteiger partial charge >= 0.3 is 0 Å². The number of anilines is 1. The molecule has 1 saturated heterocycles. The Bertz CT molecular complexity index is 1190. The van der Waals surface area contributed by atoms with Crippen molar-refractivity contribution in [2.75, 3.05) is 46.6 Å². The second-order valence-corrected chi connectivity index (χ2v) is 8.68. The Hall–Kier alpha value is -3.46. The van der Waals surface area contributed by atoms with Crippen LogP contribution in [0.1, 0.15) is 24.4 Å². The standard InChI is InChI=1S/C24H31N7O2/c1-16-9-10-17(13-19(16)33-4)22-21-23(25)26-15-27-24(21)31(28-22)18-7-5-12-30(14-18)20(32)8-6-11-29(2)3/h6,8-10,13,15,18H,5,7,11-12,14H2,1-4H3,(H2,25,26,27)/t18-/m1/s1. The number of likely N-dealkylation sites (tertiary alicyclic amines) is 1. The number of amides is 1. The fraction of sp³-hybridized carbons (Fsp3) is 0.417. The molecule has 0 saturated carbocycles. The lowest BCUT2D eigenvalue weighted by Crippen LogP contribution is -2.40. The first-order valence-corrected chi connectivity index (χ1v) is 11.1. The van der Waals surface area contributed by atoms with E-state index >= 15 is 0 Å². The zero-order valence-corrected chi connectivity index (χ0v) is 19.7. The second-order valence-electron chi connectivity index (χ2n) is 8.68. The van der Waals surface area contributed by atoms with Gasteiger partial charge in [0.1, 0.15) is 23.6 Å². The monoisotopic (exact) mass is 449 g/mol. The van der Waals surface area contributed by atoms with Gasteiger partial charge in [0.2, 0.25) is 5.91 Å². The topological polar surface area (TPSA) is 102 Å². The van der Waals surface area contributed by atoms with Crippen LogP contribution in [0.15, 0.2) is 36.7 Å². The molecule has 9 nitrogen and oxygen atoms in total. The van der Waals surface area contributed by atoms with Crippen molar-refractivity contribution in [3.63, 3.8) is 0 Å². The number of carbonyl (C=O) groups excluding carboxylic acids is 1. The summed E-state index contributed by atoms with van der Waals surface area (Å²) < 4.78 is 7.42. The lowest BCUT2D eigenvalue weighted by molar-refractivity contribution is -0.127. The Morgan fingerprint density at radius 2 is 2.15 bits per heavy atom. The number of piperidine rings is 1. The van der Waals surface area contributed by atoms with E-state index in [-0.39, 0.29) is 11.9 Å². The zero-order chi connectivity index (χ0) is 23.5. The van der Waals surface area contributed by atoms with Gasteiger partial charge < -0.3 is 20.3 Å². The van der Waals surface area contributed by atoms with Crippen LogP contribution < -0.4 is 10.5 Å². The molecule has 4 rings (SSSR count). The van der Waals surface area contributed by atoms with Gasteiger partial charge in [-0.2, -0.15) is 5.10 Å². The number of nitrogens with zero attached hydrogens (tertiary/aromatic N) is 6. The summed E-state index contributed by atoms with van der Waals surface area (Å²) >= 11 is 0. The number of likely N-dealkylation sites (N-methyl/N-ethyl adjacent to an activating group) is 1. The summed E-state index contributed by atoms with van der Waals surface area (Å²) in [5, 5.41) is 5.66. The van der Waals surface area contributed by atoms with Gasteiger partial charge in [-0.05, 0) is 45.5 Å². The van der Waals surface area contributed by atoms with Crippen LogP contribution in [0.25, 0.3) is 22.3 Å². The molecular weight excluding hydrogens is 418 g/mol. The molecule has 174 valence electrons. The van der Waals surface area contributed by atoms with Crippen LogP contribution in [-0.2, 0) is 4.79 Å². The summed E-state index contributed by atoms with van der Waals surface area (Å²) in [5.74, 6) is 1.19. The molecule has 0 radical (unpaired) electrons. The van der Waals surface area contributed by atoms with Crippen molar-refractivity contribution in [3.8, 4) is 17.0 Å². The van der Waals surface area contributed by atoms with E-state index in [4.69, 9.17) is 15.6 Å². The number of nitrogens with two attached hydrogens (primary N) is 1. The highest BCUT2D eigenvalue weighted by atomic mass is 16.5. The number of carbonyl (C=O) groups is 1. The molecule has 2 aromatic heterocycles. The van der Waals surface area contributed by atoms with Crippen LogP contribution >= 0.6 is 0 Å². The first-order chi connectivity index (χ1) is 15.9. The molecule has 3 heterocycles. The van der Waals surface area contributed by atoms with Crippen molar-refractivity contribution in [2.24, 2.45) is 0 Å². The van der Waals surface area contributed by atoms with Crippen LogP contribution in [-0.4, -0.2) is 76.3 Å². The number of hydrogen-bond acceptors (Lipinski definition) is 7. The maximum Gasteiger partial charge on any atom is 0.246 e. The molecule has 0 aliphatic carbocycles. The number of aromatic nitrogens is 4. The Kier molecular flexibility index (Phi) is 6.60. The maximum atomic E-state index is 12.7. The molecule has 1 aliphatic rings. The summed E-state index contributed by atoms with van der Waals surface area (Å²) in [6, 6.07) is 5.96. The minimum absolute atomic E-state index is 0.00263. The van der Waals surface area contributed by atoms with Gasteiger partial charge in [0.25, 0.3) is 0 Å². The number of methoxy groups -OCH3 is 1. The van der Waals surface area contributed by atoms with Crippen molar-refractivity contribution in [3.05, 3.63) is 42.2 Å². The van der Waals surface area contributed by atoms with Crippen LogP contribution in [0.3, 0.4) is 0 Å². The van der Waals surface area contributed by atoms with Crippen molar-refractivity contribution < 1.29 is 9.53 Å². The second kappa shape index (κ2) is 9.58. The third-order valence-corrected chi connectivity index (χ3v) is 5.98. The summed E-state index contributed by atoms with van der Waals surface area (Å²) in [6.45, 7) is 4.03. The fourth-order valence-corrected chi connectivity index (χ4v) is 4.24. The summed E-state index contributed by atoms with van der Waals surface area (Å²) in [4.78, 5) is 25.4. The van der Waals surface area contributed by atoms with E-state index in [9.17, 15) is 4.79 Å². The van der Waals surface area contributed by atoms with E-state index in [1.165, 1.54) is 6.33 Å². The van der Waals surface area contributed by atoms with Crippen LogP contribution in [0.2, 0.25) is 0 Å². The normalized spacial score (nSPS) is 16.8.